The number of halogens is 3. The van der Waals surface area contributed by atoms with Gasteiger partial charge in [0, 0.05) is 21.5 Å². The molecule has 0 N–H and O–H groups in total. The van der Waals surface area contributed by atoms with Gasteiger partial charge >= 0.3 is 6.18 Å². The maximum Gasteiger partial charge on any atom is 0.416 e. The van der Waals surface area contributed by atoms with Crippen LogP contribution in [0, 0.1) is 22.7 Å². The van der Waals surface area contributed by atoms with Gasteiger partial charge in [0.1, 0.15) is 11.6 Å². The molecule has 12 rings (SSSR count). The molecule has 0 aliphatic carbocycles. The van der Waals surface area contributed by atoms with E-state index in [1.807, 2.05) is 78.9 Å². The van der Waals surface area contributed by atoms with Crippen LogP contribution in [0.3, 0.4) is 0 Å². The van der Waals surface area contributed by atoms with Gasteiger partial charge in [-0.15, -0.1) is 0 Å². The first-order chi connectivity index (χ1) is 34.2. The van der Waals surface area contributed by atoms with Crippen LogP contribution < -0.4 is 0 Å². The van der Waals surface area contributed by atoms with E-state index < -0.39 is 11.7 Å². The molecule has 0 atom stereocenters. The quantitative estimate of drug-likeness (QED) is 0.160. The second-order valence-electron chi connectivity index (χ2n) is 17.5. The predicted molar refractivity (Wildman–Crippen MR) is 277 cm³/mol. The fourth-order valence-corrected chi connectivity index (χ4v) is 10.1. The summed E-state index contributed by atoms with van der Waals surface area (Å²) in [4.78, 5) is 0. The number of fused-ring (bicyclic) bond motifs is 6. The highest BCUT2D eigenvalue weighted by Gasteiger charge is 2.32. The standard InChI is InChI=1S/C63H37F3N4/c64-63(65,66)51-30-40(38-67)29-49(31-51)50-36-61(69-57-32-45(41-13-5-1-6-14-41)21-25-52(57)53-26-22-46(33-58(53)69)42-15-7-2-8-16-42)56(39-68)62(37-50)70-59-34-47(43-17-9-3-10-18-43)23-27-54(59)55-28-24-48(35-60(55)70)44-19-11-4-12-20-44/h1-37H. The monoisotopic (exact) mass is 906 g/mol. The molecular weight excluding hydrogens is 870 g/mol. The molecule has 12 aromatic rings. The zero-order valence-corrected chi connectivity index (χ0v) is 37.3. The minimum Gasteiger partial charge on any atom is -0.308 e. The fourth-order valence-electron chi connectivity index (χ4n) is 10.1. The lowest BCUT2D eigenvalue weighted by atomic mass is 9.96. The molecule has 0 aliphatic heterocycles. The second kappa shape index (κ2) is 16.7. The van der Waals surface area contributed by atoms with E-state index in [9.17, 15) is 23.7 Å². The van der Waals surface area contributed by atoms with Crippen molar-refractivity contribution in [3.05, 3.63) is 241 Å². The summed E-state index contributed by atoms with van der Waals surface area (Å²) in [7, 11) is 0. The summed E-state index contributed by atoms with van der Waals surface area (Å²) in [6.45, 7) is 0. The number of aromatic nitrogens is 2. The number of hydrogen-bond donors (Lipinski definition) is 0. The van der Waals surface area contributed by atoms with E-state index in [1.54, 1.807) is 12.1 Å². The first-order valence-corrected chi connectivity index (χ1v) is 22.8. The predicted octanol–water partition coefficient (Wildman–Crippen LogP) is 17.0. The second-order valence-corrected chi connectivity index (χ2v) is 17.5. The molecule has 2 heterocycles. The van der Waals surface area contributed by atoms with Crippen molar-refractivity contribution in [3.8, 4) is 79.1 Å². The Kier molecular flexibility index (Phi) is 10.0. The normalized spacial score (nSPS) is 11.6. The largest absolute Gasteiger partial charge is 0.416 e. The average Bonchev–Trinajstić information content (AvgIpc) is 3.92. The van der Waals surface area contributed by atoms with Gasteiger partial charge in [-0.25, -0.2) is 0 Å². The van der Waals surface area contributed by atoms with Gasteiger partial charge in [0.2, 0.25) is 0 Å². The van der Waals surface area contributed by atoms with Gasteiger partial charge in [0.05, 0.1) is 50.6 Å². The minimum absolute atomic E-state index is 0.133. The molecule has 0 saturated carbocycles. The third-order valence-electron chi connectivity index (χ3n) is 13.4. The fraction of sp³-hybridized carbons (Fsp3) is 0.0159. The third kappa shape index (κ3) is 7.17. The Bertz CT molecular complexity index is 3690. The molecule has 0 spiro atoms. The van der Waals surface area contributed by atoms with Crippen molar-refractivity contribution in [2.75, 3.05) is 0 Å². The zero-order valence-electron chi connectivity index (χ0n) is 37.3. The van der Waals surface area contributed by atoms with E-state index in [2.05, 4.69) is 137 Å². The Hall–Kier alpha value is -9.43. The Morgan fingerprint density at radius 1 is 0.314 bits per heavy atom. The molecule has 2 aromatic heterocycles. The highest BCUT2D eigenvalue weighted by atomic mass is 19.4. The van der Waals surface area contributed by atoms with E-state index in [0.29, 0.717) is 22.5 Å². The van der Waals surface area contributed by atoms with Crippen LogP contribution in [-0.2, 0) is 6.18 Å². The van der Waals surface area contributed by atoms with Gasteiger partial charge in [0.25, 0.3) is 0 Å². The molecule has 70 heavy (non-hydrogen) atoms. The van der Waals surface area contributed by atoms with Gasteiger partial charge in [-0.1, -0.05) is 170 Å². The zero-order chi connectivity index (χ0) is 47.5. The maximum absolute atomic E-state index is 14.8. The number of nitrogens with zero attached hydrogens (tertiary/aromatic N) is 4. The molecule has 330 valence electrons. The third-order valence-corrected chi connectivity index (χ3v) is 13.4. The van der Waals surface area contributed by atoms with Crippen molar-refractivity contribution < 1.29 is 13.2 Å². The smallest absolute Gasteiger partial charge is 0.308 e. The summed E-state index contributed by atoms with van der Waals surface area (Å²) in [5.74, 6) is 0. The van der Waals surface area contributed by atoms with Crippen molar-refractivity contribution in [2.45, 2.75) is 6.18 Å². The summed E-state index contributed by atoms with van der Waals surface area (Å²) in [5, 5.41) is 25.8. The molecule has 0 bridgehead atoms. The molecule has 0 fully saturated rings. The summed E-state index contributed by atoms with van der Waals surface area (Å²) in [5.41, 5.74) is 11.8. The van der Waals surface area contributed by atoms with Gasteiger partial charge in [0.15, 0.2) is 0 Å². The van der Waals surface area contributed by atoms with Crippen LogP contribution in [0.25, 0.3) is 111 Å². The molecule has 7 heteroatoms. The molecule has 0 amide bonds. The SMILES string of the molecule is N#Cc1cc(-c2cc(-n3c4cc(-c5ccccc5)ccc4c4ccc(-c5ccccc5)cc43)c(C#N)c(-n3c4cc(-c5ccccc5)ccc4c4ccc(-c5ccccc5)cc43)c2)cc(C(F)(F)F)c1. The van der Waals surface area contributed by atoms with Crippen LogP contribution in [-0.4, -0.2) is 9.13 Å². The summed E-state index contributed by atoms with van der Waals surface area (Å²) in [6.07, 6.45) is -4.73. The Balaban J connectivity index is 1.25. The number of benzene rings is 10. The Morgan fingerprint density at radius 2 is 0.643 bits per heavy atom. The van der Waals surface area contributed by atoms with Crippen LogP contribution in [0.15, 0.2) is 224 Å². The number of alkyl halides is 3. The van der Waals surface area contributed by atoms with Gasteiger partial charge in [-0.05, 0) is 110 Å². The van der Waals surface area contributed by atoms with Crippen LogP contribution in [0.4, 0.5) is 13.2 Å². The minimum atomic E-state index is -4.73. The Morgan fingerprint density at radius 3 is 0.943 bits per heavy atom. The summed E-state index contributed by atoms with van der Waals surface area (Å²) < 4.78 is 48.5. The van der Waals surface area contributed by atoms with E-state index in [0.717, 1.165) is 100 Å². The van der Waals surface area contributed by atoms with E-state index in [1.165, 1.54) is 6.07 Å². The first-order valence-electron chi connectivity index (χ1n) is 22.8. The number of rotatable bonds is 7. The summed E-state index contributed by atoms with van der Waals surface area (Å²) >= 11 is 0. The topological polar surface area (TPSA) is 57.4 Å². The highest BCUT2D eigenvalue weighted by molar-refractivity contribution is 6.13. The molecule has 0 unspecified atom stereocenters. The first kappa shape index (κ1) is 42.0. The lowest BCUT2D eigenvalue weighted by molar-refractivity contribution is -0.137. The highest BCUT2D eigenvalue weighted by Crippen LogP contribution is 2.44. The maximum atomic E-state index is 14.8. The van der Waals surface area contributed by atoms with Crippen molar-refractivity contribution >= 4 is 43.6 Å². The van der Waals surface area contributed by atoms with Gasteiger partial charge in [-0.2, -0.15) is 23.7 Å². The molecular formula is C63H37F3N4. The van der Waals surface area contributed by atoms with Crippen molar-refractivity contribution in [1.29, 1.82) is 10.5 Å². The summed E-state index contributed by atoms with van der Waals surface area (Å²) in [6, 6.07) is 77.2. The van der Waals surface area contributed by atoms with Crippen LogP contribution in [0.1, 0.15) is 16.7 Å². The number of hydrogen-bond acceptors (Lipinski definition) is 2. The average molecular weight is 907 g/mol. The van der Waals surface area contributed by atoms with Gasteiger partial charge < -0.3 is 9.13 Å². The molecule has 0 saturated heterocycles. The molecule has 10 aromatic carbocycles. The van der Waals surface area contributed by atoms with E-state index >= 15 is 0 Å². The molecule has 0 radical (unpaired) electrons. The molecule has 0 aliphatic rings. The lowest BCUT2D eigenvalue weighted by Gasteiger charge is -2.19. The number of nitriles is 2. The van der Waals surface area contributed by atoms with Crippen LogP contribution in [0.2, 0.25) is 0 Å². The Labute approximate surface area is 401 Å². The molecule has 4 nitrogen and oxygen atoms in total. The van der Waals surface area contributed by atoms with Crippen molar-refractivity contribution in [1.82, 2.24) is 9.13 Å². The van der Waals surface area contributed by atoms with E-state index in [-0.39, 0.29) is 11.1 Å². The van der Waals surface area contributed by atoms with Crippen LogP contribution >= 0.6 is 0 Å². The van der Waals surface area contributed by atoms with Crippen LogP contribution in [0.5, 0.6) is 0 Å². The van der Waals surface area contributed by atoms with Crippen molar-refractivity contribution in [3.63, 3.8) is 0 Å². The van der Waals surface area contributed by atoms with Crippen molar-refractivity contribution in [2.24, 2.45) is 0 Å². The van der Waals surface area contributed by atoms with Gasteiger partial charge in [-0.3, -0.25) is 0 Å². The van der Waals surface area contributed by atoms with E-state index in [4.69, 9.17) is 0 Å². The lowest BCUT2D eigenvalue weighted by Crippen LogP contribution is -2.07.